The third kappa shape index (κ3) is 4.37. The van der Waals surface area contributed by atoms with Crippen LogP contribution in [-0.2, 0) is 11.3 Å². The molecule has 0 aliphatic rings. The molecule has 2 N–H and O–H groups in total. The maximum atomic E-state index is 12.1. The van der Waals surface area contributed by atoms with Gasteiger partial charge in [-0.25, -0.2) is 9.59 Å². The standard InChI is InChI=1S/C15H22N2O4/c1-5-15(2,13(18)19)16-14(20)17(3)10-11-6-8-12(21-4)9-7-11/h6-9H,5,10H2,1-4H3,(H,16,20)(H,18,19). The molecular weight excluding hydrogens is 272 g/mol. The summed E-state index contributed by atoms with van der Waals surface area (Å²) in [5.41, 5.74) is -0.326. The number of aliphatic carboxylic acids is 1. The first-order valence-corrected chi connectivity index (χ1v) is 6.72. The van der Waals surface area contributed by atoms with Gasteiger partial charge in [-0.15, -0.1) is 0 Å². The lowest BCUT2D eigenvalue weighted by molar-refractivity contribution is -0.143. The van der Waals surface area contributed by atoms with Crippen molar-refractivity contribution in [2.45, 2.75) is 32.4 Å². The highest BCUT2D eigenvalue weighted by Gasteiger charge is 2.33. The van der Waals surface area contributed by atoms with Gasteiger partial charge in [0.2, 0.25) is 0 Å². The average Bonchev–Trinajstić information content (AvgIpc) is 2.47. The largest absolute Gasteiger partial charge is 0.497 e. The van der Waals surface area contributed by atoms with E-state index in [1.54, 1.807) is 21.1 Å². The highest BCUT2D eigenvalue weighted by molar-refractivity contribution is 5.85. The lowest BCUT2D eigenvalue weighted by atomic mass is 10.00. The topological polar surface area (TPSA) is 78.9 Å². The molecule has 116 valence electrons. The minimum absolute atomic E-state index is 0.310. The van der Waals surface area contributed by atoms with Crippen LogP contribution in [0.25, 0.3) is 0 Å². The molecule has 6 heteroatoms. The summed E-state index contributed by atoms with van der Waals surface area (Å²) in [5.74, 6) is -0.300. The number of nitrogens with one attached hydrogen (secondary N) is 1. The molecule has 0 radical (unpaired) electrons. The van der Waals surface area contributed by atoms with Crippen LogP contribution in [0.3, 0.4) is 0 Å². The van der Waals surface area contributed by atoms with Crippen LogP contribution in [0.15, 0.2) is 24.3 Å². The van der Waals surface area contributed by atoms with E-state index in [9.17, 15) is 9.59 Å². The number of carboxylic acid groups (broad SMARTS) is 1. The van der Waals surface area contributed by atoms with Crippen molar-refractivity contribution in [3.63, 3.8) is 0 Å². The summed E-state index contributed by atoms with van der Waals surface area (Å²) < 4.78 is 5.07. The molecule has 0 aliphatic carbocycles. The number of carbonyl (C=O) groups excluding carboxylic acids is 1. The van der Waals surface area contributed by atoms with Crippen LogP contribution in [0.1, 0.15) is 25.8 Å². The number of amides is 2. The monoisotopic (exact) mass is 294 g/mol. The molecule has 0 bridgehead atoms. The van der Waals surface area contributed by atoms with Gasteiger partial charge in [0.15, 0.2) is 0 Å². The van der Waals surface area contributed by atoms with Crippen molar-refractivity contribution in [3.05, 3.63) is 29.8 Å². The fourth-order valence-corrected chi connectivity index (χ4v) is 1.70. The second-order valence-electron chi connectivity index (χ2n) is 5.13. The van der Waals surface area contributed by atoms with Crippen LogP contribution in [0.5, 0.6) is 5.75 Å². The van der Waals surface area contributed by atoms with Gasteiger partial charge in [0, 0.05) is 13.6 Å². The second kappa shape index (κ2) is 6.97. The molecule has 1 aromatic carbocycles. The number of carboxylic acids is 1. The minimum atomic E-state index is -1.26. The van der Waals surface area contributed by atoms with Crippen LogP contribution < -0.4 is 10.1 Å². The number of hydrogen-bond acceptors (Lipinski definition) is 3. The van der Waals surface area contributed by atoms with E-state index in [4.69, 9.17) is 9.84 Å². The van der Waals surface area contributed by atoms with Crippen molar-refractivity contribution in [3.8, 4) is 5.75 Å². The first-order valence-electron chi connectivity index (χ1n) is 6.72. The third-order valence-electron chi connectivity index (χ3n) is 3.49. The predicted molar refractivity (Wildman–Crippen MR) is 79.3 cm³/mol. The average molecular weight is 294 g/mol. The summed E-state index contributed by atoms with van der Waals surface area (Å²) in [6.07, 6.45) is 0.310. The van der Waals surface area contributed by atoms with Gasteiger partial charge < -0.3 is 20.1 Å². The molecule has 0 aliphatic heterocycles. The number of hydrogen-bond donors (Lipinski definition) is 2. The van der Waals surface area contributed by atoms with Gasteiger partial charge in [0.05, 0.1) is 7.11 Å². The van der Waals surface area contributed by atoms with Crippen molar-refractivity contribution in [2.75, 3.05) is 14.2 Å². The normalized spacial score (nSPS) is 13.1. The van der Waals surface area contributed by atoms with E-state index in [2.05, 4.69) is 5.32 Å². The fourth-order valence-electron chi connectivity index (χ4n) is 1.70. The summed E-state index contributed by atoms with van der Waals surface area (Å²) in [4.78, 5) is 24.7. The van der Waals surface area contributed by atoms with Gasteiger partial charge in [-0.3, -0.25) is 0 Å². The Labute approximate surface area is 124 Å². The number of carbonyl (C=O) groups is 2. The van der Waals surface area contributed by atoms with Crippen molar-refractivity contribution < 1.29 is 19.4 Å². The molecule has 6 nitrogen and oxygen atoms in total. The zero-order chi connectivity index (χ0) is 16.0. The van der Waals surface area contributed by atoms with E-state index >= 15 is 0 Å². The Morgan fingerprint density at radius 3 is 2.33 bits per heavy atom. The molecule has 21 heavy (non-hydrogen) atoms. The van der Waals surface area contributed by atoms with Gasteiger partial charge in [0.1, 0.15) is 11.3 Å². The molecule has 2 amide bonds. The Kier molecular flexibility index (Phi) is 5.58. The number of ether oxygens (including phenoxy) is 1. The quantitative estimate of drug-likeness (QED) is 0.842. The molecule has 1 unspecified atom stereocenters. The zero-order valence-corrected chi connectivity index (χ0v) is 12.8. The number of nitrogens with zero attached hydrogens (tertiary/aromatic N) is 1. The lowest BCUT2D eigenvalue weighted by Gasteiger charge is -2.28. The van der Waals surface area contributed by atoms with Crippen LogP contribution in [-0.4, -0.2) is 41.7 Å². The van der Waals surface area contributed by atoms with Crippen molar-refractivity contribution in [1.82, 2.24) is 10.2 Å². The number of benzene rings is 1. The third-order valence-corrected chi connectivity index (χ3v) is 3.49. The van der Waals surface area contributed by atoms with E-state index in [0.29, 0.717) is 13.0 Å². The van der Waals surface area contributed by atoms with E-state index in [0.717, 1.165) is 11.3 Å². The molecular formula is C15H22N2O4. The maximum absolute atomic E-state index is 12.1. The first-order chi connectivity index (χ1) is 9.82. The molecule has 1 atom stereocenters. The Morgan fingerprint density at radius 1 is 1.33 bits per heavy atom. The van der Waals surface area contributed by atoms with Gasteiger partial charge >= 0.3 is 12.0 Å². The molecule has 1 aromatic rings. The summed E-state index contributed by atoms with van der Waals surface area (Å²) in [6, 6.07) is 6.93. The summed E-state index contributed by atoms with van der Waals surface area (Å²) >= 11 is 0. The number of rotatable bonds is 6. The maximum Gasteiger partial charge on any atom is 0.329 e. The van der Waals surface area contributed by atoms with Gasteiger partial charge in [0.25, 0.3) is 0 Å². The first kappa shape index (κ1) is 16.8. The number of methoxy groups -OCH3 is 1. The summed E-state index contributed by atoms with van der Waals surface area (Å²) in [6.45, 7) is 3.60. The Bertz CT molecular complexity index is 501. The minimum Gasteiger partial charge on any atom is -0.497 e. The summed E-state index contributed by atoms with van der Waals surface area (Å²) in [5, 5.41) is 11.7. The van der Waals surface area contributed by atoms with E-state index < -0.39 is 17.5 Å². The molecule has 0 saturated heterocycles. The number of urea groups is 1. The van der Waals surface area contributed by atoms with E-state index in [-0.39, 0.29) is 0 Å². The van der Waals surface area contributed by atoms with Crippen LogP contribution in [0.2, 0.25) is 0 Å². The lowest BCUT2D eigenvalue weighted by Crippen LogP contribution is -2.54. The van der Waals surface area contributed by atoms with Crippen LogP contribution >= 0.6 is 0 Å². The van der Waals surface area contributed by atoms with Crippen molar-refractivity contribution in [2.24, 2.45) is 0 Å². The van der Waals surface area contributed by atoms with Crippen LogP contribution in [0, 0.1) is 0 Å². The van der Waals surface area contributed by atoms with E-state index in [1.165, 1.54) is 11.8 Å². The van der Waals surface area contributed by atoms with Gasteiger partial charge in [-0.05, 0) is 31.0 Å². The molecule has 0 aromatic heterocycles. The molecule has 0 fully saturated rings. The molecule has 0 heterocycles. The molecule has 1 rings (SSSR count). The fraction of sp³-hybridized carbons (Fsp3) is 0.467. The van der Waals surface area contributed by atoms with Crippen LogP contribution in [0.4, 0.5) is 4.79 Å². The molecule has 0 saturated carbocycles. The highest BCUT2D eigenvalue weighted by atomic mass is 16.5. The van der Waals surface area contributed by atoms with Gasteiger partial charge in [-0.2, -0.15) is 0 Å². The highest BCUT2D eigenvalue weighted by Crippen LogP contribution is 2.14. The van der Waals surface area contributed by atoms with Crippen molar-refractivity contribution >= 4 is 12.0 Å². The molecule has 0 spiro atoms. The van der Waals surface area contributed by atoms with Gasteiger partial charge in [-0.1, -0.05) is 19.1 Å². The van der Waals surface area contributed by atoms with E-state index in [1.807, 2.05) is 24.3 Å². The predicted octanol–water partition coefficient (Wildman–Crippen LogP) is 2.09. The summed E-state index contributed by atoms with van der Waals surface area (Å²) in [7, 11) is 3.21. The smallest absolute Gasteiger partial charge is 0.329 e. The second-order valence-corrected chi connectivity index (χ2v) is 5.13. The zero-order valence-electron chi connectivity index (χ0n) is 12.8. The SMILES string of the molecule is CCC(C)(NC(=O)N(C)Cc1ccc(OC)cc1)C(=O)O. The Morgan fingerprint density at radius 2 is 1.90 bits per heavy atom. The Balaban J connectivity index is 2.67. The Hall–Kier alpha value is -2.24. The van der Waals surface area contributed by atoms with Crippen molar-refractivity contribution in [1.29, 1.82) is 0 Å².